The van der Waals surface area contributed by atoms with E-state index in [2.05, 4.69) is 60.1 Å². The van der Waals surface area contributed by atoms with Gasteiger partial charge in [0.05, 0.1) is 0 Å². The molecule has 6 unspecified atom stereocenters. The molecule has 8 atom stereocenters. The van der Waals surface area contributed by atoms with E-state index in [0.29, 0.717) is 5.50 Å². The van der Waals surface area contributed by atoms with E-state index in [1.165, 1.54) is 57.8 Å². The molecule has 0 aromatic heterocycles. The lowest BCUT2D eigenvalue weighted by Gasteiger charge is -2.32. The molecule has 0 spiro atoms. The Morgan fingerprint density at radius 3 is 2.64 bits per heavy atom. The van der Waals surface area contributed by atoms with Crippen LogP contribution in [0.4, 0.5) is 0 Å². The molecule has 0 bridgehead atoms. The second-order valence-electron chi connectivity index (χ2n) is 10.2. The van der Waals surface area contributed by atoms with E-state index in [1.54, 1.807) is 0 Å². The van der Waals surface area contributed by atoms with Crippen molar-refractivity contribution < 1.29 is 0 Å². The van der Waals surface area contributed by atoms with Crippen LogP contribution >= 0.6 is 11.8 Å². The van der Waals surface area contributed by atoms with E-state index in [-0.39, 0.29) is 0 Å². The van der Waals surface area contributed by atoms with Crippen molar-refractivity contribution in [3.8, 4) is 0 Å². The van der Waals surface area contributed by atoms with Crippen LogP contribution in [0.15, 0.2) is 0 Å². The largest absolute Gasteiger partial charge is 0.303 e. The first kappa shape index (κ1) is 21.4. The maximum atomic E-state index is 3.81. The Bertz CT molecular complexity index is 503. The van der Waals surface area contributed by atoms with Crippen LogP contribution in [0, 0.1) is 17.8 Å². The van der Waals surface area contributed by atoms with Gasteiger partial charge in [0.25, 0.3) is 0 Å². The molecule has 2 aliphatic heterocycles. The van der Waals surface area contributed by atoms with Gasteiger partial charge in [0.1, 0.15) is 5.50 Å². The summed E-state index contributed by atoms with van der Waals surface area (Å²) in [7, 11) is 4.74. The molecule has 4 fully saturated rings. The molecule has 2 saturated carbocycles. The van der Waals surface area contributed by atoms with Crippen molar-refractivity contribution in [1.29, 1.82) is 0 Å². The molecule has 0 aromatic rings. The average molecular weight is 409 g/mol. The lowest BCUT2D eigenvalue weighted by atomic mass is 9.76. The van der Waals surface area contributed by atoms with Crippen molar-refractivity contribution in [3.63, 3.8) is 0 Å². The van der Waals surface area contributed by atoms with Gasteiger partial charge < -0.3 is 5.32 Å². The number of hydrogen-bond acceptors (Lipinski definition) is 5. The van der Waals surface area contributed by atoms with E-state index in [9.17, 15) is 0 Å². The molecule has 0 aromatic carbocycles. The van der Waals surface area contributed by atoms with Crippen molar-refractivity contribution in [2.45, 2.75) is 101 Å². The number of fused-ring (bicyclic) bond motifs is 2. The van der Waals surface area contributed by atoms with Crippen molar-refractivity contribution in [2.24, 2.45) is 17.8 Å². The van der Waals surface area contributed by atoms with Gasteiger partial charge in [-0.25, -0.2) is 0 Å². The topological polar surface area (TPSA) is 30.5 Å². The standard InChI is InChI=1S/C23H44N4S/c1-5-8-17-18-9-6-7-10-19(18)26(3)21(17)14-24-15-25-23-27(4)20-12-11-16(2)13-22(20)28-23/h16-25H,5-15H2,1-4H3/t16?,17-,18-,19?,20?,21?,22?,23?/m0/s1. The first-order valence-electron chi connectivity index (χ1n) is 12.1. The van der Waals surface area contributed by atoms with Gasteiger partial charge in [-0.15, -0.1) is 11.8 Å². The summed E-state index contributed by atoms with van der Waals surface area (Å²) in [6, 6.07) is 2.37. The molecule has 5 heteroatoms. The molecule has 162 valence electrons. The highest BCUT2D eigenvalue weighted by Gasteiger charge is 2.46. The van der Waals surface area contributed by atoms with Gasteiger partial charge in [0.15, 0.2) is 0 Å². The fourth-order valence-electron chi connectivity index (χ4n) is 6.95. The highest BCUT2D eigenvalue weighted by Crippen LogP contribution is 2.45. The van der Waals surface area contributed by atoms with E-state index < -0.39 is 0 Å². The third-order valence-corrected chi connectivity index (χ3v) is 10.1. The Hall–Kier alpha value is 0.190. The predicted molar refractivity (Wildman–Crippen MR) is 121 cm³/mol. The minimum Gasteiger partial charge on any atom is -0.303 e. The highest BCUT2D eigenvalue weighted by molar-refractivity contribution is 8.00. The predicted octanol–water partition coefficient (Wildman–Crippen LogP) is 3.93. The minimum atomic E-state index is 0.489. The Labute approximate surface area is 177 Å². The summed E-state index contributed by atoms with van der Waals surface area (Å²) in [5.41, 5.74) is 0.489. The Balaban J connectivity index is 1.25. The number of likely N-dealkylation sites (tertiary alicyclic amines) is 1. The third-order valence-electron chi connectivity index (χ3n) is 8.46. The van der Waals surface area contributed by atoms with Crippen molar-refractivity contribution in [3.05, 3.63) is 0 Å². The van der Waals surface area contributed by atoms with Crippen LogP contribution in [0.2, 0.25) is 0 Å². The normalized spacial score (nSPS) is 44.6. The van der Waals surface area contributed by atoms with E-state index >= 15 is 0 Å². The van der Waals surface area contributed by atoms with Gasteiger partial charge in [0.2, 0.25) is 0 Å². The molecule has 2 N–H and O–H groups in total. The zero-order valence-corrected chi connectivity index (χ0v) is 19.5. The summed E-state index contributed by atoms with van der Waals surface area (Å²) in [4.78, 5) is 5.36. The molecule has 28 heavy (non-hydrogen) atoms. The minimum absolute atomic E-state index is 0.489. The molecule has 4 nitrogen and oxygen atoms in total. The molecular formula is C23H44N4S. The second kappa shape index (κ2) is 9.55. The first-order valence-corrected chi connectivity index (χ1v) is 13.1. The molecule has 2 heterocycles. The zero-order chi connectivity index (χ0) is 19.7. The quantitative estimate of drug-likeness (QED) is 0.492. The smallest absolute Gasteiger partial charge is 0.109 e. The summed E-state index contributed by atoms with van der Waals surface area (Å²) < 4.78 is 0. The molecule has 2 saturated heterocycles. The number of nitrogens with zero attached hydrogens (tertiary/aromatic N) is 2. The number of nitrogens with one attached hydrogen (secondary N) is 2. The number of likely N-dealkylation sites (N-methyl/N-ethyl adjacent to an activating group) is 1. The van der Waals surface area contributed by atoms with Gasteiger partial charge in [-0.3, -0.25) is 15.1 Å². The van der Waals surface area contributed by atoms with Crippen molar-refractivity contribution in [1.82, 2.24) is 20.4 Å². The summed E-state index contributed by atoms with van der Waals surface area (Å²) in [6.07, 6.45) is 12.7. The molecule has 0 amide bonds. The van der Waals surface area contributed by atoms with Crippen LogP contribution < -0.4 is 10.6 Å². The van der Waals surface area contributed by atoms with Gasteiger partial charge in [0, 0.05) is 36.6 Å². The Kier molecular flexibility index (Phi) is 7.31. The molecule has 4 rings (SSSR count). The Morgan fingerprint density at radius 1 is 1.00 bits per heavy atom. The third kappa shape index (κ3) is 4.30. The van der Waals surface area contributed by atoms with Gasteiger partial charge in [-0.1, -0.05) is 33.1 Å². The Morgan fingerprint density at radius 2 is 1.82 bits per heavy atom. The fraction of sp³-hybridized carbons (Fsp3) is 1.00. The monoisotopic (exact) mass is 408 g/mol. The van der Waals surface area contributed by atoms with Gasteiger partial charge in [-0.05, 0) is 70.4 Å². The lowest BCUT2D eigenvalue weighted by Crippen LogP contribution is -2.48. The van der Waals surface area contributed by atoms with Crippen molar-refractivity contribution >= 4 is 11.8 Å². The molecule has 0 radical (unpaired) electrons. The lowest BCUT2D eigenvalue weighted by molar-refractivity contribution is 0.168. The SMILES string of the molecule is CCC[C@@H]1C(CNCNC2SC3CC(C)CCC3N2C)N(C)C2CCCC[C@H]21. The van der Waals surface area contributed by atoms with Crippen LogP contribution in [-0.4, -0.2) is 66.0 Å². The second-order valence-corrected chi connectivity index (χ2v) is 11.5. The number of thioether (sulfide) groups is 1. The zero-order valence-electron chi connectivity index (χ0n) is 18.7. The number of hydrogen-bond donors (Lipinski definition) is 2. The van der Waals surface area contributed by atoms with E-state index in [4.69, 9.17) is 0 Å². The first-order chi connectivity index (χ1) is 13.6. The maximum absolute atomic E-state index is 3.81. The van der Waals surface area contributed by atoms with Crippen LogP contribution in [-0.2, 0) is 0 Å². The van der Waals surface area contributed by atoms with Gasteiger partial charge >= 0.3 is 0 Å². The maximum Gasteiger partial charge on any atom is 0.109 e. The van der Waals surface area contributed by atoms with Crippen LogP contribution in [0.3, 0.4) is 0 Å². The van der Waals surface area contributed by atoms with Gasteiger partial charge in [-0.2, -0.15) is 0 Å². The van der Waals surface area contributed by atoms with Crippen LogP contribution in [0.5, 0.6) is 0 Å². The highest BCUT2D eigenvalue weighted by atomic mass is 32.2. The van der Waals surface area contributed by atoms with Crippen LogP contribution in [0.1, 0.15) is 71.6 Å². The summed E-state index contributed by atoms with van der Waals surface area (Å²) in [5, 5.41) is 8.45. The number of rotatable bonds is 7. The van der Waals surface area contributed by atoms with E-state index in [0.717, 1.165) is 54.3 Å². The van der Waals surface area contributed by atoms with Crippen LogP contribution in [0.25, 0.3) is 0 Å². The summed E-state index contributed by atoms with van der Waals surface area (Å²) in [5.74, 6) is 2.77. The fourth-order valence-corrected chi connectivity index (χ4v) is 8.75. The molecular weight excluding hydrogens is 364 g/mol. The summed E-state index contributed by atoms with van der Waals surface area (Å²) in [6.45, 7) is 6.89. The van der Waals surface area contributed by atoms with Crippen molar-refractivity contribution in [2.75, 3.05) is 27.3 Å². The summed E-state index contributed by atoms with van der Waals surface area (Å²) >= 11 is 2.18. The average Bonchev–Trinajstić information content (AvgIpc) is 3.14. The van der Waals surface area contributed by atoms with E-state index in [1.807, 2.05) is 0 Å². The molecule has 4 aliphatic rings. The molecule has 2 aliphatic carbocycles.